The van der Waals surface area contributed by atoms with Gasteiger partial charge in [-0.05, 0) is 38.1 Å². The highest BCUT2D eigenvalue weighted by Crippen LogP contribution is 2.09. The highest BCUT2D eigenvalue weighted by atomic mass is 16.3. The van der Waals surface area contributed by atoms with Gasteiger partial charge in [0.2, 0.25) is 0 Å². The maximum Gasteiger partial charge on any atom is 0.0839 e. The number of anilines is 1. The van der Waals surface area contributed by atoms with Crippen LogP contribution in [0.1, 0.15) is 19.3 Å². The molecule has 2 N–H and O–H groups in total. The molecule has 0 aliphatic carbocycles. The summed E-state index contributed by atoms with van der Waals surface area (Å²) in [6, 6.07) is 10.0. The van der Waals surface area contributed by atoms with Crippen molar-refractivity contribution in [1.29, 1.82) is 0 Å². The average Bonchev–Trinajstić information content (AvgIpc) is 2.39. The molecule has 0 spiro atoms. The number of nitrogens with zero attached hydrogens (tertiary/aromatic N) is 1. The summed E-state index contributed by atoms with van der Waals surface area (Å²) in [4.78, 5) is 2.36. The molecule has 1 atom stereocenters. The molecule has 94 valence electrons. The largest absolute Gasteiger partial charge is 0.390 e. The highest BCUT2D eigenvalue weighted by Gasteiger charge is 2.14. The zero-order chi connectivity index (χ0) is 11.9. The van der Waals surface area contributed by atoms with Crippen LogP contribution in [0, 0.1) is 0 Å². The molecule has 0 aromatic heterocycles. The molecule has 1 saturated heterocycles. The van der Waals surface area contributed by atoms with E-state index >= 15 is 0 Å². The molecule has 0 unspecified atom stereocenters. The number of hydrogen-bond acceptors (Lipinski definition) is 3. The summed E-state index contributed by atoms with van der Waals surface area (Å²) in [5, 5.41) is 13.2. The van der Waals surface area contributed by atoms with Gasteiger partial charge in [0, 0.05) is 18.8 Å². The first-order valence-electron chi connectivity index (χ1n) is 6.54. The van der Waals surface area contributed by atoms with Crippen LogP contribution in [0.4, 0.5) is 5.69 Å². The number of hydrogen-bond donors (Lipinski definition) is 2. The lowest BCUT2D eigenvalue weighted by atomic mass is 10.1. The van der Waals surface area contributed by atoms with Crippen LogP contribution in [0.25, 0.3) is 0 Å². The van der Waals surface area contributed by atoms with Gasteiger partial charge < -0.3 is 15.3 Å². The molecule has 1 aliphatic rings. The summed E-state index contributed by atoms with van der Waals surface area (Å²) in [6.07, 6.45) is 3.61. The van der Waals surface area contributed by atoms with Crippen LogP contribution in [0.5, 0.6) is 0 Å². The third kappa shape index (κ3) is 4.36. The van der Waals surface area contributed by atoms with E-state index in [9.17, 15) is 5.11 Å². The van der Waals surface area contributed by atoms with Gasteiger partial charge in [0.25, 0.3) is 0 Å². The minimum absolute atomic E-state index is 0.284. The second kappa shape index (κ2) is 6.62. The van der Waals surface area contributed by atoms with Crippen molar-refractivity contribution in [3.8, 4) is 0 Å². The van der Waals surface area contributed by atoms with Gasteiger partial charge in [-0.1, -0.05) is 24.6 Å². The molecular weight excluding hydrogens is 212 g/mol. The first-order chi connectivity index (χ1) is 8.34. The first kappa shape index (κ1) is 12.4. The van der Waals surface area contributed by atoms with E-state index in [4.69, 9.17) is 0 Å². The summed E-state index contributed by atoms with van der Waals surface area (Å²) >= 11 is 0. The lowest BCUT2D eigenvalue weighted by Crippen LogP contribution is -2.39. The number of rotatable bonds is 5. The molecule has 0 radical (unpaired) electrons. The Morgan fingerprint density at radius 3 is 2.53 bits per heavy atom. The number of aliphatic hydroxyl groups excluding tert-OH is 1. The Morgan fingerprint density at radius 2 is 1.82 bits per heavy atom. The number of likely N-dealkylation sites (tertiary alicyclic amines) is 1. The monoisotopic (exact) mass is 234 g/mol. The molecule has 3 nitrogen and oxygen atoms in total. The fourth-order valence-electron chi connectivity index (χ4n) is 2.30. The third-order valence-electron chi connectivity index (χ3n) is 3.23. The Bertz CT molecular complexity index is 309. The highest BCUT2D eigenvalue weighted by molar-refractivity contribution is 5.42. The molecule has 0 amide bonds. The maximum atomic E-state index is 9.96. The lowest BCUT2D eigenvalue weighted by Gasteiger charge is -2.28. The third-order valence-corrected chi connectivity index (χ3v) is 3.23. The summed E-state index contributed by atoms with van der Waals surface area (Å²) < 4.78 is 0. The quantitative estimate of drug-likeness (QED) is 0.817. The van der Waals surface area contributed by atoms with Crippen LogP contribution in [0.15, 0.2) is 30.3 Å². The lowest BCUT2D eigenvalue weighted by molar-refractivity contribution is 0.110. The molecule has 2 rings (SSSR count). The van der Waals surface area contributed by atoms with Gasteiger partial charge in [-0.2, -0.15) is 0 Å². The zero-order valence-corrected chi connectivity index (χ0v) is 10.3. The van der Waals surface area contributed by atoms with Crippen LogP contribution in [0.2, 0.25) is 0 Å². The molecule has 1 fully saturated rings. The van der Waals surface area contributed by atoms with E-state index in [0.29, 0.717) is 6.54 Å². The number of para-hydroxylation sites is 1. The van der Waals surface area contributed by atoms with Gasteiger partial charge >= 0.3 is 0 Å². The Labute approximate surface area is 103 Å². The van der Waals surface area contributed by atoms with E-state index in [1.807, 2.05) is 30.3 Å². The maximum absolute atomic E-state index is 9.96. The predicted molar refractivity (Wildman–Crippen MR) is 71.2 cm³/mol. The van der Waals surface area contributed by atoms with E-state index in [2.05, 4.69) is 10.2 Å². The molecule has 3 heteroatoms. The van der Waals surface area contributed by atoms with Crippen molar-refractivity contribution in [3.63, 3.8) is 0 Å². The molecule has 1 aromatic rings. The van der Waals surface area contributed by atoms with E-state index in [-0.39, 0.29) is 6.10 Å². The molecule has 1 aliphatic heterocycles. The fraction of sp³-hybridized carbons (Fsp3) is 0.571. The van der Waals surface area contributed by atoms with E-state index in [1.54, 1.807) is 0 Å². The van der Waals surface area contributed by atoms with Crippen LogP contribution >= 0.6 is 0 Å². The minimum Gasteiger partial charge on any atom is -0.390 e. The zero-order valence-electron chi connectivity index (χ0n) is 10.3. The van der Waals surface area contributed by atoms with Crippen molar-refractivity contribution in [2.45, 2.75) is 25.4 Å². The van der Waals surface area contributed by atoms with Crippen LogP contribution in [-0.4, -0.2) is 42.3 Å². The van der Waals surface area contributed by atoms with Crippen molar-refractivity contribution >= 4 is 5.69 Å². The standard InChI is InChI=1S/C14H22N2O/c17-14(12-16-9-5-2-6-10-16)11-15-13-7-3-1-4-8-13/h1,3-4,7-8,14-15,17H,2,5-6,9-12H2/t14-/m0/s1. The van der Waals surface area contributed by atoms with Crippen molar-refractivity contribution in [1.82, 2.24) is 4.90 Å². The topological polar surface area (TPSA) is 35.5 Å². The molecule has 1 aromatic carbocycles. The molecule has 0 saturated carbocycles. The van der Waals surface area contributed by atoms with Crippen molar-refractivity contribution in [2.75, 3.05) is 31.5 Å². The van der Waals surface area contributed by atoms with E-state index in [1.165, 1.54) is 19.3 Å². The number of nitrogens with one attached hydrogen (secondary N) is 1. The predicted octanol–water partition coefficient (Wildman–Crippen LogP) is 1.95. The van der Waals surface area contributed by atoms with Gasteiger partial charge in [0.1, 0.15) is 0 Å². The molecule has 0 bridgehead atoms. The summed E-state index contributed by atoms with van der Waals surface area (Å²) in [5.41, 5.74) is 1.07. The summed E-state index contributed by atoms with van der Waals surface area (Å²) in [5.74, 6) is 0. The Balaban J connectivity index is 1.68. The van der Waals surface area contributed by atoms with Crippen molar-refractivity contribution in [2.24, 2.45) is 0 Å². The summed E-state index contributed by atoms with van der Waals surface area (Å²) in [6.45, 7) is 3.70. The Kier molecular flexibility index (Phi) is 4.83. The normalized spacial score (nSPS) is 18.9. The molecule has 17 heavy (non-hydrogen) atoms. The number of aliphatic hydroxyl groups is 1. The van der Waals surface area contributed by atoms with E-state index < -0.39 is 0 Å². The van der Waals surface area contributed by atoms with Gasteiger partial charge in [-0.25, -0.2) is 0 Å². The second-order valence-electron chi connectivity index (χ2n) is 4.76. The van der Waals surface area contributed by atoms with Crippen LogP contribution < -0.4 is 5.32 Å². The van der Waals surface area contributed by atoms with Crippen molar-refractivity contribution in [3.05, 3.63) is 30.3 Å². The molecule has 1 heterocycles. The SMILES string of the molecule is O[C@@H](CNc1ccccc1)CN1CCCCC1. The minimum atomic E-state index is -0.284. The Morgan fingerprint density at radius 1 is 1.12 bits per heavy atom. The van der Waals surface area contributed by atoms with Crippen LogP contribution in [-0.2, 0) is 0 Å². The van der Waals surface area contributed by atoms with Crippen molar-refractivity contribution < 1.29 is 5.11 Å². The van der Waals surface area contributed by atoms with Crippen LogP contribution in [0.3, 0.4) is 0 Å². The molecular formula is C14H22N2O. The summed E-state index contributed by atoms with van der Waals surface area (Å²) in [7, 11) is 0. The first-order valence-corrected chi connectivity index (χ1v) is 6.54. The van der Waals surface area contributed by atoms with E-state index in [0.717, 1.165) is 25.3 Å². The number of β-amino-alcohol motifs (C(OH)–C–C–N with tert-alkyl or cyclic N) is 1. The van der Waals surface area contributed by atoms with Gasteiger partial charge in [-0.15, -0.1) is 0 Å². The second-order valence-corrected chi connectivity index (χ2v) is 4.76. The Hall–Kier alpha value is -1.06. The smallest absolute Gasteiger partial charge is 0.0839 e. The van der Waals surface area contributed by atoms with Gasteiger partial charge in [-0.3, -0.25) is 0 Å². The fourth-order valence-corrected chi connectivity index (χ4v) is 2.30. The van der Waals surface area contributed by atoms with Gasteiger partial charge in [0.05, 0.1) is 6.10 Å². The average molecular weight is 234 g/mol. The number of benzene rings is 1. The van der Waals surface area contributed by atoms with Gasteiger partial charge in [0.15, 0.2) is 0 Å². The number of piperidine rings is 1.